The summed E-state index contributed by atoms with van der Waals surface area (Å²) < 4.78 is 11.4. The minimum Gasteiger partial charge on any atom is -0.481 e. The largest absolute Gasteiger partial charge is 0.481 e. The Hall–Kier alpha value is -1.50. The SMILES string of the molecule is Cc1ccc(C(C)C)c(OCC#CC[NH2+][C@@H]2CCCO2)c1. The molecule has 0 spiro atoms. The third-order valence-electron chi connectivity index (χ3n) is 3.66. The van der Waals surface area contributed by atoms with Crippen molar-refractivity contribution < 1.29 is 14.8 Å². The fraction of sp³-hybridized carbons (Fsp3) is 0.556. The summed E-state index contributed by atoms with van der Waals surface area (Å²) in [7, 11) is 0. The predicted octanol–water partition coefficient (Wildman–Crippen LogP) is 2.20. The van der Waals surface area contributed by atoms with E-state index in [1.165, 1.54) is 17.5 Å². The first kappa shape index (κ1) is 15.9. The zero-order valence-corrected chi connectivity index (χ0v) is 13.3. The second-order valence-corrected chi connectivity index (χ2v) is 5.83. The van der Waals surface area contributed by atoms with Crippen molar-refractivity contribution in [2.24, 2.45) is 0 Å². The van der Waals surface area contributed by atoms with Gasteiger partial charge in [-0.2, -0.15) is 0 Å². The van der Waals surface area contributed by atoms with E-state index in [4.69, 9.17) is 9.47 Å². The summed E-state index contributed by atoms with van der Waals surface area (Å²) in [5.74, 6) is 7.64. The minimum atomic E-state index is 0.310. The molecule has 1 saturated heterocycles. The van der Waals surface area contributed by atoms with Gasteiger partial charge in [-0.15, -0.1) is 0 Å². The molecule has 0 aromatic heterocycles. The van der Waals surface area contributed by atoms with E-state index in [1.807, 2.05) is 0 Å². The zero-order chi connectivity index (χ0) is 15.1. The number of hydrogen-bond donors (Lipinski definition) is 1. The van der Waals surface area contributed by atoms with Crippen molar-refractivity contribution in [1.29, 1.82) is 0 Å². The van der Waals surface area contributed by atoms with E-state index in [0.29, 0.717) is 18.8 Å². The molecule has 1 aliphatic rings. The molecule has 0 saturated carbocycles. The van der Waals surface area contributed by atoms with Crippen molar-refractivity contribution in [3.8, 4) is 17.6 Å². The summed E-state index contributed by atoms with van der Waals surface area (Å²) in [5, 5.41) is 2.16. The molecule has 1 aromatic rings. The summed E-state index contributed by atoms with van der Waals surface area (Å²) in [6, 6.07) is 6.37. The van der Waals surface area contributed by atoms with Gasteiger partial charge in [-0.05, 0) is 42.4 Å². The molecule has 3 nitrogen and oxygen atoms in total. The van der Waals surface area contributed by atoms with Crippen LogP contribution in [0.5, 0.6) is 5.75 Å². The number of rotatable bonds is 5. The van der Waals surface area contributed by atoms with Gasteiger partial charge < -0.3 is 14.8 Å². The number of nitrogens with two attached hydrogens (primary N) is 1. The van der Waals surface area contributed by atoms with Crippen LogP contribution < -0.4 is 10.1 Å². The lowest BCUT2D eigenvalue weighted by atomic mass is 10.0. The van der Waals surface area contributed by atoms with Crippen molar-refractivity contribution >= 4 is 0 Å². The number of ether oxygens (including phenoxy) is 2. The molecule has 0 unspecified atom stereocenters. The molecule has 1 atom stereocenters. The van der Waals surface area contributed by atoms with E-state index in [2.05, 4.69) is 56.1 Å². The molecule has 1 fully saturated rings. The van der Waals surface area contributed by atoms with Gasteiger partial charge in [-0.3, -0.25) is 0 Å². The van der Waals surface area contributed by atoms with Gasteiger partial charge in [0.05, 0.1) is 6.61 Å². The van der Waals surface area contributed by atoms with Gasteiger partial charge in [-0.1, -0.05) is 31.9 Å². The summed E-state index contributed by atoms with van der Waals surface area (Å²) in [6.07, 6.45) is 2.62. The lowest BCUT2D eigenvalue weighted by Crippen LogP contribution is -2.89. The predicted molar refractivity (Wildman–Crippen MR) is 84.3 cm³/mol. The van der Waals surface area contributed by atoms with Gasteiger partial charge in [0.1, 0.15) is 18.9 Å². The molecule has 0 amide bonds. The summed E-state index contributed by atoms with van der Waals surface area (Å²) in [4.78, 5) is 0. The molecule has 0 radical (unpaired) electrons. The molecule has 1 aliphatic heterocycles. The van der Waals surface area contributed by atoms with Crippen molar-refractivity contribution in [1.82, 2.24) is 0 Å². The third-order valence-corrected chi connectivity index (χ3v) is 3.66. The first-order valence-corrected chi connectivity index (χ1v) is 7.81. The average Bonchev–Trinajstić information content (AvgIpc) is 2.95. The van der Waals surface area contributed by atoms with Crippen molar-refractivity contribution in [2.75, 3.05) is 19.8 Å². The fourth-order valence-corrected chi connectivity index (χ4v) is 2.46. The van der Waals surface area contributed by atoms with Gasteiger partial charge in [0.25, 0.3) is 0 Å². The highest BCUT2D eigenvalue weighted by atomic mass is 16.5. The van der Waals surface area contributed by atoms with E-state index >= 15 is 0 Å². The molecule has 21 heavy (non-hydrogen) atoms. The summed E-state index contributed by atoms with van der Waals surface area (Å²) >= 11 is 0. The maximum Gasteiger partial charge on any atom is 0.190 e. The Balaban J connectivity index is 1.79. The monoisotopic (exact) mass is 288 g/mol. The molecular formula is C18H26NO2+. The third kappa shape index (κ3) is 5.08. The van der Waals surface area contributed by atoms with E-state index in [1.54, 1.807) is 0 Å². The quantitative estimate of drug-likeness (QED) is 0.843. The van der Waals surface area contributed by atoms with Crippen LogP contribution in [0, 0.1) is 18.8 Å². The number of aryl methyl sites for hydroxylation is 1. The van der Waals surface area contributed by atoms with E-state index in [-0.39, 0.29) is 0 Å². The molecule has 2 N–H and O–H groups in total. The van der Waals surface area contributed by atoms with Crippen molar-refractivity contribution in [2.45, 2.75) is 45.8 Å². The Morgan fingerprint density at radius 3 is 2.95 bits per heavy atom. The van der Waals surface area contributed by atoms with Crippen molar-refractivity contribution in [3.63, 3.8) is 0 Å². The van der Waals surface area contributed by atoms with Gasteiger partial charge >= 0.3 is 0 Å². The Labute approximate surface area is 128 Å². The van der Waals surface area contributed by atoms with E-state index in [9.17, 15) is 0 Å². The van der Waals surface area contributed by atoms with Gasteiger partial charge in [0.2, 0.25) is 0 Å². The Morgan fingerprint density at radius 2 is 2.24 bits per heavy atom. The van der Waals surface area contributed by atoms with Crippen LogP contribution in [-0.2, 0) is 4.74 Å². The molecular weight excluding hydrogens is 262 g/mol. The van der Waals surface area contributed by atoms with Gasteiger partial charge in [0, 0.05) is 6.42 Å². The number of quaternary nitrogens is 1. The highest BCUT2D eigenvalue weighted by Gasteiger charge is 2.16. The maximum absolute atomic E-state index is 5.83. The highest BCUT2D eigenvalue weighted by Crippen LogP contribution is 2.27. The Bertz CT molecular complexity index is 508. The van der Waals surface area contributed by atoms with Crippen LogP contribution in [0.4, 0.5) is 0 Å². The fourth-order valence-electron chi connectivity index (χ4n) is 2.46. The maximum atomic E-state index is 5.83. The molecule has 1 heterocycles. The van der Waals surface area contributed by atoms with Crippen LogP contribution in [0.25, 0.3) is 0 Å². The molecule has 1 aromatic carbocycles. The molecule has 2 rings (SSSR count). The van der Waals surface area contributed by atoms with Crippen LogP contribution in [0.1, 0.15) is 43.7 Å². The molecule has 0 bridgehead atoms. The van der Waals surface area contributed by atoms with E-state index < -0.39 is 0 Å². The summed E-state index contributed by atoms with van der Waals surface area (Å²) in [6.45, 7) is 8.56. The van der Waals surface area contributed by atoms with Crippen LogP contribution in [0.15, 0.2) is 18.2 Å². The molecule has 114 valence electrons. The molecule has 0 aliphatic carbocycles. The Morgan fingerprint density at radius 1 is 1.38 bits per heavy atom. The zero-order valence-electron chi connectivity index (χ0n) is 13.3. The number of hydrogen-bond acceptors (Lipinski definition) is 2. The number of benzene rings is 1. The normalized spacial score (nSPS) is 17.6. The lowest BCUT2D eigenvalue weighted by molar-refractivity contribution is -0.713. The summed E-state index contributed by atoms with van der Waals surface area (Å²) in [5.41, 5.74) is 2.46. The first-order chi connectivity index (χ1) is 10.2. The minimum absolute atomic E-state index is 0.310. The second kappa shape index (κ2) is 8.07. The van der Waals surface area contributed by atoms with Gasteiger partial charge in [0.15, 0.2) is 6.23 Å². The van der Waals surface area contributed by atoms with Crippen LogP contribution >= 0.6 is 0 Å². The van der Waals surface area contributed by atoms with Crippen LogP contribution in [0.3, 0.4) is 0 Å². The standard InChI is InChI=1S/C18H25NO2/c1-14(2)16-9-8-15(3)13-17(16)20-11-5-4-10-19-18-7-6-12-21-18/h8-9,13-14,18-19H,6-7,10-12H2,1-3H3/p+1/t18-/m0/s1. The highest BCUT2D eigenvalue weighted by molar-refractivity contribution is 5.39. The Kier molecular flexibility index (Phi) is 6.10. The smallest absolute Gasteiger partial charge is 0.190 e. The van der Waals surface area contributed by atoms with E-state index in [0.717, 1.165) is 25.3 Å². The average molecular weight is 288 g/mol. The first-order valence-electron chi connectivity index (χ1n) is 7.81. The van der Waals surface area contributed by atoms with Crippen LogP contribution in [0.2, 0.25) is 0 Å². The van der Waals surface area contributed by atoms with Gasteiger partial charge in [-0.25, -0.2) is 0 Å². The van der Waals surface area contributed by atoms with Crippen LogP contribution in [-0.4, -0.2) is 26.0 Å². The lowest BCUT2D eigenvalue weighted by Gasteiger charge is -2.13. The molecule has 3 heteroatoms. The van der Waals surface area contributed by atoms with Crippen molar-refractivity contribution in [3.05, 3.63) is 29.3 Å². The topological polar surface area (TPSA) is 35.1 Å². The second-order valence-electron chi connectivity index (χ2n) is 5.83.